The van der Waals surface area contributed by atoms with E-state index in [-0.39, 0.29) is 0 Å². The summed E-state index contributed by atoms with van der Waals surface area (Å²) in [5, 5.41) is 9.36. The maximum atomic E-state index is 4.73. The van der Waals surface area contributed by atoms with Gasteiger partial charge in [0.1, 0.15) is 0 Å². The van der Waals surface area contributed by atoms with Gasteiger partial charge in [-0.25, -0.2) is 0 Å². The molecule has 0 spiro atoms. The smallest absolute Gasteiger partial charge is 0.0843 e. The maximum Gasteiger partial charge on any atom is 0.0843 e. The number of aromatic nitrogens is 2. The van der Waals surface area contributed by atoms with E-state index in [0.29, 0.717) is 6.04 Å². The van der Waals surface area contributed by atoms with Crippen molar-refractivity contribution in [2.24, 2.45) is 7.05 Å². The SMILES string of the molecule is CNCC1CCCCN1Cc1nn(C)c2ccccc12. The first kappa shape index (κ1) is 13.6. The summed E-state index contributed by atoms with van der Waals surface area (Å²) in [4.78, 5) is 2.59. The largest absolute Gasteiger partial charge is 0.318 e. The van der Waals surface area contributed by atoms with Crippen molar-refractivity contribution in [3.8, 4) is 0 Å². The topological polar surface area (TPSA) is 33.1 Å². The Hall–Kier alpha value is -1.39. The number of fused-ring (bicyclic) bond motifs is 1. The molecule has 0 bridgehead atoms. The molecule has 0 aliphatic carbocycles. The van der Waals surface area contributed by atoms with E-state index in [1.165, 1.54) is 42.4 Å². The normalized spacial score (nSPS) is 20.6. The van der Waals surface area contributed by atoms with Crippen LogP contribution in [-0.2, 0) is 13.6 Å². The van der Waals surface area contributed by atoms with Crippen molar-refractivity contribution in [3.63, 3.8) is 0 Å². The molecule has 1 aliphatic heterocycles. The molecule has 0 radical (unpaired) electrons. The number of aryl methyl sites for hydroxylation is 1. The Morgan fingerprint density at radius 3 is 3.00 bits per heavy atom. The maximum absolute atomic E-state index is 4.73. The van der Waals surface area contributed by atoms with Crippen LogP contribution in [0.2, 0.25) is 0 Å². The molecule has 20 heavy (non-hydrogen) atoms. The minimum Gasteiger partial charge on any atom is -0.318 e. The molecule has 1 N–H and O–H groups in total. The van der Waals surface area contributed by atoms with Gasteiger partial charge in [0.15, 0.2) is 0 Å². The van der Waals surface area contributed by atoms with Gasteiger partial charge in [0, 0.05) is 31.6 Å². The average molecular weight is 272 g/mol. The lowest BCUT2D eigenvalue weighted by molar-refractivity contribution is 0.138. The van der Waals surface area contributed by atoms with Crippen LogP contribution in [0.4, 0.5) is 0 Å². The molecule has 4 nitrogen and oxygen atoms in total. The van der Waals surface area contributed by atoms with Crippen LogP contribution in [0, 0.1) is 0 Å². The predicted octanol–water partition coefficient (Wildman–Crippen LogP) is 2.15. The van der Waals surface area contributed by atoms with Crippen LogP contribution < -0.4 is 5.32 Å². The second-order valence-corrected chi connectivity index (χ2v) is 5.77. The minimum absolute atomic E-state index is 0.648. The molecule has 2 aromatic rings. The van der Waals surface area contributed by atoms with E-state index in [1.54, 1.807) is 0 Å². The van der Waals surface area contributed by atoms with Gasteiger partial charge in [0.05, 0.1) is 11.2 Å². The number of likely N-dealkylation sites (N-methyl/N-ethyl adjacent to an activating group) is 1. The van der Waals surface area contributed by atoms with Crippen LogP contribution in [0.15, 0.2) is 24.3 Å². The second kappa shape index (κ2) is 5.94. The number of hydrogen-bond donors (Lipinski definition) is 1. The number of piperidine rings is 1. The number of likely N-dealkylation sites (tertiary alicyclic amines) is 1. The van der Waals surface area contributed by atoms with Crippen molar-refractivity contribution >= 4 is 10.9 Å². The van der Waals surface area contributed by atoms with Gasteiger partial charge in [0.2, 0.25) is 0 Å². The molecule has 1 aliphatic rings. The third-order valence-electron chi connectivity index (χ3n) is 4.38. The number of benzene rings is 1. The Balaban J connectivity index is 1.84. The third-order valence-corrected chi connectivity index (χ3v) is 4.38. The highest BCUT2D eigenvalue weighted by molar-refractivity contribution is 5.81. The van der Waals surface area contributed by atoms with Crippen molar-refractivity contribution < 1.29 is 0 Å². The standard InChI is InChI=1S/C16H24N4/c1-17-11-13-7-5-6-10-20(13)12-15-14-8-3-4-9-16(14)19(2)18-15/h3-4,8-9,13,17H,5-7,10-12H2,1-2H3. The monoisotopic (exact) mass is 272 g/mol. The molecule has 1 aromatic carbocycles. The summed E-state index contributed by atoms with van der Waals surface area (Å²) >= 11 is 0. The zero-order chi connectivity index (χ0) is 13.9. The zero-order valence-electron chi connectivity index (χ0n) is 12.5. The van der Waals surface area contributed by atoms with Crippen molar-refractivity contribution in [2.75, 3.05) is 20.1 Å². The highest BCUT2D eigenvalue weighted by Crippen LogP contribution is 2.23. The van der Waals surface area contributed by atoms with Gasteiger partial charge < -0.3 is 5.32 Å². The predicted molar refractivity (Wildman–Crippen MR) is 82.7 cm³/mol. The van der Waals surface area contributed by atoms with Gasteiger partial charge in [-0.3, -0.25) is 9.58 Å². The Bertz CT molecular complexity index is 573. The minimum atomic E-state index is 0.648. The molecule has 2 heterocycles. The van der Waals surface area contributed by atoms with Gasteiger partial charge in [0.25, 0.3) is 0 Å². The highest BCUT2D eigenvalue weighted by Gasteiger charge is 2.23. The van der Waals surface area contributed by atoms with Gasteiger partial charge in [-0.2, -0.15) is 5.10 Å². The van der Waals surface area contributed by atoms with Crippen LogP contribution in [-0.4, -0.2) is 40.9 Å². The Labute approximate surface area is 120 Å². The summed E-state index contributed by atoms with van der Waals surface area (Å²) in [7, 11) is 4.08. The summed E-state index contributed by atoms with van der Waals surface area (Å²) < 4.78 is 2.00. The molecule has 1 aromatic heterocycles. The third kappa shape index (κ3) is 2.58. The Kier molecular flexibility index (Phi) is 4.03. The van der Waals surface area contributed by atoms with Crippen LogP contribution in [0.5, 0.6) is 0 Å². The molecule has 1 fully saturated rings. The van der Waals surface area contributed by atoms with Crippen LogP contribution in [0.3, 0.4) is 0 Å². The lowest BCUT2D eigenvalue weighted by atomic mass is 10.0. The number of nitrogens with one attached hydrogen (secondary N) is 1. The fourth-order valence-electron chi connectivity index (χ4n) is 3.33. The molecule has 1 unspecified atom stereocenters. The summed E-state index contributed by atoms with van der Waals surface area (Å²) in [5.74, 6) is 0. The van der Waals surface area contributed by atoms with Gasteiger partial charge >= 0.3 is 0 Å². The average Bonchev–Trinajstić information content (AvgIpc) is 2.79. The lowest BCUT2D eigenvalue weighted by Crippen LogP contribution is -2.44. The molecule has 3 rings (SSSR count). The van der Waals surface area contributed by atoms with Gasteiger partial charge in [-0.1, -0.05) is 24.6 Å². The van der Waals surface area contributed by atoms with Crippen molar-refractivity contribution in [1.29, 1.82) is 0 Å². The number of hydrogen-bond acceptors (Lipinski definition) is 3. The summed E-state index contributed by atoms with van der Waals surface area (Å²) in [6.07, 6.45) is 3.96. The number of para-hydroxylation sites is 1. The van der Waals surface area contributed by atoms with Gasteiger partial charge in [-0.15, -0.1) is 0 Å². The highest BCUT2D eigenvalue weighted by atomic mass is 15.3. The summed E-state index contributed by atoms with van der Waals surface area (Å²) in [5.41, 5.74) is 2.44. The first-order valence-corrected chi connectivity index (χ1v) is 7.59. The summed E-state index contributed by atoms with van der Waals surface area (Å²) in [6, 6.07) is 9.17. The lowest BCUT2D eigenvalue weighted by Gasteiger charge is -2.35. The van der Waals surface area contributed by atoms with Crippen LogP contribution in [0.1, 0.15) is 25.0 Å². The van der Waals surface area contributed by atoms with E-state index < -0.39 is 0 Å². The van der Waals surface area contributed by atoms with E-state index in [9.17, 15) is 0 Å². The zero-order valence-corrected chi connectivity index (χ0v) is 12.5. The molecule has 4 heteroatoms. The fourth-order valence-corrected chi connectivity index (χ4v) is 3.33. The first-order valence-electron chi connectivity index (χ1n) is 7.59. The van der Waals surface area contributed by atoms with Crippen LogP contribution in [0.25, 0.3) is 10.9 Å². The van der Waals surface area contributed by atoms with Crippen molar-refractivity contribution in [1.82, 2.24) is 20.0 Å². The molecule has 0 saturated carbocycles. The quantitative estimate of drug-likeness (QED) is 0.926. The molecule has 1 atom stereocenters. The van der Waals surface area contributed by atoms with E-state index >= 15 is 0 Å². The summed E-state index contributed by atoms with van der Waals surface area (Å²) in [6.45, 7) is 3.23. The van der Waals surface area contributed by atoms with E-state index in [4.69, 9.17) is 5.10 Å². The van der Waals surface area contributed by atoms with Crippen LogP contribution >= 0.6 is 0 Å². The molecule has 0 amide bonds. The van der Waals surface area contributed by atoms with E-state index in [1.807, 2.05) is 18.8 Å². The molecular formula is C16H24N4. The van der Waals surface area contributed by atoms with Crippen molar-refractivity contribution in [3.05, 3.63) is 30.0 Å². The second-order valence-electron chi connectivity index (χ2n) is 5.77. The van der Waals surface area contributed by atoms with Gasteiger partial charge in [-0.05, 0) is 32.5 Å². The number of nitrogens with zero attached hydrogens (tertiary/aromatic N) is 3. The molecule has 1 saturated heterocycles. The Morgan fingerprint density at radius 1 is 1.30 bits per heavy atom. The molecular weight excluding hydrogens is 248 g/mol. The molecule has 108 valence electrons. The van der Waals surface area contributed by atoms with Crippen molar-refractivity contribution in [2.45, 2.75) is 31.8 Å². The fraction of sp³-hybridized carbons (Fsp3) is 0.562. The Morgan fingerprint density at radius 2 is 2.15 bits per heavy atom. The van der Waals surface area contributed by atoms with E-state index in [0.717, 1.165) is 13.1 Å². The first-order chi connectivity index (χ1) is 9.79. The van der Waals surface area contributed by atoms with E-state index in [2.05, 4.69) is 34.5 Å². The number of rotatable bonds is 4.